The van der Waals surface area contributed by atoms with Gasteiger partial charge < -0.3 is 9.73 Å². The molecule has 0 aliphatic carbocycles. The first-order valence-corrected chi connectivity index (χ1v) is 6.50. The molecule has 0 radical (unpaired) electrons. The Hall–Kier alpha value is -0.760. The van der Waals surface area contributed by atoms with Crippen LogP contribution in [0.3, 0.4) is 0 Å². The zero-order chi connectivity index (χ0) is 11.8. The molecule has 0 bridgehead atoms. The Morgan fingerprint density at radius 2 is 2.19 bits per heavy atom. The summed E-state index contributed by atoms with van der Waals surface area (Å²) in [4.78, 5) is 0. The van der Waals surface area contributed by atoms with Gasteiger partial charge in [0.05, 0.1) is 12.5 Å². The first kappa shape index (κ1) is 13.3. The topological polar surface area (TPSA) is 25.2 Å². The zero-order valence-corrected chi connectivity index (χ0v) is 10.8. The predicted octanol–water partition coefficient (Wildman–Crippen LogP) is 3.63. The average molecular weight is 223 g/mol. The van der Waals surface area contributed by atoms with Crippen molar-refractivity contribution in [3.8, 4) is 0 Å². The van der Waals surface area contributed by atoms with Gasteiger partial charge in [-0.05, 0) is 37.4 Å². The van der Waals surface area contributed by atoms with Crippen LogP contribution in [0.1, 0.15) is 45.1 Å². The summed E-state index contributed by atoms with van der Waals surface area (Å²) in [6, 6.07) is 2.64. The maximum absolute atomic E-state index is 5.13. The largest absolute Gasteiger partial charge is 0.472 e. The quantitative estimate of drug-likeness (QED) is 0.728. The molecule has 92 valence electrons. The maximum atomic E-state index is 5.13. The van der Waals surface area contributed by atoms with E-state index in [0.29, 0.717) is 6.04 Å². The van der Waals surface area contributed by atoms with Gasteiger partial charge in [-0.1, -0.05) is 33.1 Å². The van der Waals surface area contributed by atoms with E-state index in [1.807, 2.05) is 6.26 Å². The molecule has 0 aliphatic rings. The summed E-state index contributed by atoms with van der Waals surface area (Å²) in [5.74, 6) is 0.778. The van der Waals surface area contributed by atoms with Gasteiger partial charge in [-0.2, -0.15) is 0 Å². The fraction of sp³-hybridized carbons (Fsp3) is 0.714. The molecule has 0 aromatic carbocycles. The molecule has 1 aromatic heterocycles. The highest BCUT2D eigenvalue weighted by molar-refractivity contribution is 5.07. The standard InChI is InChI=1S/C14H25NO/c1-4-6-7-13(5-2)14(15-3)10-12-8-9-16-11-12/h8-9,11,13-15H,4-7,10H2,1-3H3. The highest BCUT2D eigenvalue weighted by Gasteiger charge is 2.18. The van der Waals surface area contributed by atoms with Crippen molar-refractivity contribution in [2.45, 2.75) is 52.0 Å². The maximum Gasteiger partial charge on any atom is 0.0935 e. The summed E-state index contributed by atoms with van der Waals surface area (Å²) in [5, 5.41) is 3.46. The highest BCUT2D eigenvalue weighted by atomic mass is 16.3. The minimum atomic E-state index is 0.578. The molecule has 1 rings (SSSR count). The Morgan fingerprint density at radius 3 is 2.69 bits per heavy atom. The summed E-state index contributed by atoms with van der Waals surface area (Å²) in [6.07, 6.45) is 9.90. The van der Waals surface area contributed by atoms with Crippen molar-refractivity contribution < 1.29 is 4.42 Å². The minimum Gasteiger partial charge on any atom is -0.472 e. The van der Waals surface area contributed by atoms with Gasteiger partial charge in [0.25, 0.3) is 0 Å². The van der Waals surface area contributed by atoms with Crippen molar-refractivity contribution in [3.63, 3.8) is 0 Å². The summed E-state index contributed by atoms with van der Waals surface area (Å²) < 4.78 is 5.13. The third-order valence-electron chi connectivity index (χ3n) is 3.43. The van der Waals surface area contributed by atoms with Crippen LogP contribution in [0.15, 0.2) is 23.0 Å². The number of nitrogens with one attached hydrogen (secondary N) is 1. The van der Waals surface area contributed by atoms with Gasteiger partial charge in [-0.3, -0.25) is 0 Å². The van der Waals surface area contributed by atoms with Crippen LogP contribution in [0.25, 0.3) is 0 Å². The lowest BCUT2D eigenvalue weighted by Crippen LogP contribution is -2.35. The van der Waals surface area contributed by atoms with Crippen molar-refractivity contribution in [3.05, 3.63) is 24.2 Å². The van der Waals surface area contributed by atoms with E-state index >= 15 is 0 Å². The molecule has 1 heterocycles. The van der Waals surface area contributed by atoms with Crippen LogP contribution in [0.2, 0.25) is 0 Å². The first-order chi connectivity index (χ1) is 7.81. The Labute approximate surface area is 99.4 Å². The Kier molecular flexibility index (Phi) is 6.24. The molecule has 0 saturated carbocycles. The highest BCUT2D eigenvalue weighted by Crippen LogP contribution is 2.20. The van der Waals surface area contributed by atoms with Crippen LogP contribution in [-0.2, 0) is 6.42 Å². The van der Waals surface area contributed by atoms with E-state index in [-0.39, 0.29) is 0 Å². The molecule has 0 fully saturated rings. The van der Waals surface area contributed by atoms with Gasteiger partial charge in [0, 0.05) is 6.04 Å². The van der Waals surface area contributed by atoms with Gasteiger partial charge in [-0.25, -0.2) is 0 Å². The van der Waals surface area contributed by atoms with Gasteiger partial charge in [-0.15, -0.1) is 0 Å². The summed E-state index contributed by atoms with van der Waals surface area (Å²) in [7, 11) is 2.07. The van der Waals surface area contributed by atoms with E-state index in [1.165, 1.54) is 31.2 Å². The SMILES string of the molecule is CCCCC(CC)C(Cc1ccoc1)NC. The second kappa shape index (κ2) is 7.50. The predicted molar refractivity (Wildman–Crippen MR) is 68.6 cm³/mol. The fourth-order valence-corrected chi connectivity index (χ4v) is 2.32. The lowest BCUT2D eigenvalue weighted by molar-refractivity contribution is 0.329. The molecule has 2 heteroatoms. The number of likely N-dealkylation sites (N-methyl/N-ethyl adjacent to an activating group) is 1. The lowest BCUT2D eigenvalue weighted by atomic mass is 9.88. The van der Waals surface area contributed by atoms with Crippen LogP contribution < -0.4 is 5.32 Å². The number of hydrogen-bond donors (Lipinski definition) is 1. The first-order valence-electron chi connectivity index (χ1n) is 6.50. The third kappa shape index (κ3) is 4.01. The van der Waals surface area contributed by atoms with E-state index in [9.17, 15) is 0 Å². The number of hydrogen-bond acceptors (Lipinski definition) is 2. The molecule has 2 unspecified atom stereocenters. The van der Waals surface area contributed by atoms with E-state index in [1.54, 1.807) is 6.26 Å². The smallest absolute Gasteiger partial charge is 0.0935 e. The second-order valence-electron chi connectivity index (χ2n) is 4.54. The average Bonchev–Trinajstić information content (AvgIpc) is 2.81. The number of rotatable bonds is 8. The normalized spacial score (nSPS) is 14.9. The third-order valence-corrected chi connectivity index (χ3v) is 3.43. The molecule has 2 atom stereocenters. The van der Waals surface area contributed by atoms with E-state index in [4.69, 9.17) is 4.42 Å². The molecule has 16 heavy (non-hydrogen) atoms. The van der Waals surface area contributed by atoms with Crippen LogP contribution in [0, 0.1) is 5.92 Å². The number of unbranched alkanes of at least 4 members (excludes halogenated alkanes) is 1. The summed E-state index contributed by atoms with van der Waals surface area (Å²) >= 11 is 0. The van der Waals surface area contributed by atoms with E-state index in [0.717, 1.165) is 12.3 Å². The van der Waals surface area contributed by atoms with Crippen LogP contribution in [-0.4, -0.2) is 13.1 Å². The van der Waals surface area contributed by atoms with Crippen molar-refractivity contribution in [1.29, 1.82) is 0 Å². The molecular formula is C14H25NO. The Balaban J connectivity index is 2.49. The van der Waals surface area contributed by atoms with Crippen LogP contribution in [0.4, 0.5) is 0 Å². The second-order valence-corrected chi connectivity index (χ2v) is 4.54. The molecule has 1 aromatic rings. The van der Waals surface area contributed by atoms with Gasteiger partial charge in [0.15, 0.2) is 0 Å². The Bertz CT molecular complexity index is 256. The number of furan rings is 1. The summed E-state index contributed by atoms with van der Waals surface area (Å²) in [5.41, 5.74) is 1.30. The van der Waals surface area contributed by atoms with Crippen LogP contribution >= 0.6 is 0 Å². The molecule has 1 N–H and O–H groups in total. The van der Waals surface area contributed by atoms with Crippen molar-refractivity contribution >= 4 is 0 Å². The molecule has 0 amide bonds. The van der Waals surface area contributed by atoms with Gasteiger partial charge in [0.2, 0.25) is 0 Å². The van der Waals surface area contributed by atoms with Crippen molar-refractivity contribution in [2.24, 2.45) is 5.92 Å². The minimum absolute atomic E-state index is 0.578. The fourth-order valence-electron chi connectivity index (χ4n) is 2.32. The van der Waals surface area contributed by atoms with E-state index in [2.05, 4.69) is 32.3 Å². The zero-order valence-electron chi connectivity index (χ0n) is 10.8. The molecule has 0 aliphatic heterocycles. The van der Waals surface area contributed by atoms with Crippen molar-refractivity contribution in [2.75, 3.05) is 7.05 Å². The monoisotopic (exact) mass is 223 g/mol. The van der Waals surface area contributed by atoms with Gasteiger partial charge >= 0.3 is 0 Å². The molecule has 2 nitrogen and oxygen atoms in total. The lowest BCUT2D eigenvalue weighted by Gasteiger charge is -2.25. The van der Waals surface area contributed by atoms with E-state index < -0.39 is 0 Å². The molecule has 0 saturated heterocycles. The molecular weight excluding hydrogens is 198 g/mol. The molecule has 0 spiro atoms. The van der Waals surface area contributed by atoms with Crippen LogP contribution in [0.5, 0.6) is 0 Å². The van der Waals surface area contributed by atoms with Crippen molar-refractivity contribution in [1.82, 2.24) is 5.32 Å². The van der Waals surface area contributed by atoms with Gasteiger partial charge in [0.1, 0.15) is 0 Å². The summed E-state index contributed by atoms with van der Waals surface area (Å²) in [6.45, 7) is 4.55. The Morgan fingerprint density at radius 1 is 1.38 bits per heavy atom.